The smallest absolute Gasteiger partial charge is 0.157 e. The number of carbonyl (C=O) groups is 1. The summed E-state index contributed by atoms with van der Waals surface area (Å²) in [7, 11) is 0. The summed E-state index contributed by atoms with van der Waals surface area (Å²) in [6, 6.07) is 6.22. The first-order valence-corrected chi connectivity index (χ1v) is 6.74. The summed E-state index contributed by atoms with van der Waals surface area (Å²) in [4.78, 5) is 14.2. The molecular formula is C14H18BrNO. The average Bonchev–Trinajstić information content (AvgIpc) is 2.23. The molecule has 92 valence electrons. The highest BCUT2D eigenvalue weighted by molar-refractivity contribution is 9.10. The fraction of sp³-hybridized carbons (Fsp3) is 0.500. The van der Waals surface area contributed by atoms with Gasteiger partial charge in [0.05, 0.1) is 6.54 Å². The van der Waals surface area contributed by atoms with Gasteiger partial charge < -0.3 is 4.90 Å². The lowest BCUT2D eigenvalue weighted by Crippen LogP contribution is -2.45. The molecular weight excluding hydrogens is 278 g/mol. The highest BCUT2D eigenvalue weighted by Crippen LogP contribution is 2.31. The first-order chi connectivity index (χ1) is 7.90. The van der Waals surface area contributed by atoms with Crippen LogP contribution in [0.15, 0.2) is 22.7 Å². The predicted molar refractivity (Wildman–Crippen MR) is 74.5 cm³/mol. The van der Waals surface area contributed by atoms with Crippen molar-refractivity contribution in [2.45, 2.75) is 27.2 Å². The fourth-order valence-corrected chi connectivity index (χ4v) is 2.68. The van der Waals surface area contributed by atoms with Crippen LogP contribution in [0, 0.1) is 12.3 Å². The van der Waals surface area contributed by atoms with Gasteiger partial charge in [0.1, 0.15) is 0 Å². The molecule has 3 heteroatoms. The molecule has 0 radical (unpaired) electrons. The van der Waals surface area contributed by atoms with Crippen LogP contribution < -0.4 is 4.90 Å². The first-order valence-electron chi connectivity index (χ1n) is 5.94. The van der Waals surface area contributed by atoms with Crippen LogP contribution in [-0.2, 0) is 4.79 Å². The minimum Gasteiger partial charge on any atom is -0.364 e. The summed E-state index contributed by atoms with van der Waals surface area (Å²) in [5.74, 6) is 0.339. The molecule has 0 unspecified atom stereocenters. The third-order valence-electron chi connectivity index (χ3n) is 3.60. The Hall–Kier alpha value is -0.830. The molecule has 0 saturated carbocycles. The van der Waals surface area contributed by atoms with E-state index >= 15 is 0 Å². The minimum absolute atomic E-state index is 0.153. The lowest BCUT2D eigenvalue weighted by atomic mass is 9.81. The number of piperidine rings is 1. The minimum atomic E-state index is -0.153. The first kappa shape index (κ1) is 12.6. The molecule has 0 amide bonds. The molecule has 2 rings (SSSR count). The number of ketones is 1. The van der Waals surface area contributed by atoms with Gasteiger partial charge in [-0.15, -0.1) is 0 Å². The summed E-state index contributed by atoms with van der Waals surface area (Å²) in [6.07, 6.45) is 0.932. The van der Waals surface area contributed by atoms with Gasteiger partial charge in [0.2, 0.25) is 0 Å². The van der Waals surface area contributed by atoms with Crippen LogP contribution in [0.25, 0.3) is 0 Å². The van der Waals surface area contributed by atoms with E-state index in [1.807, 2.05) is 19.9 Å². The Kier molecular flexibility index (Phi) is 3.30. The number of hydrogen-bond acceptors (Lipinski definition) is 2. The Bertz CT molecular complexity index is 454. The van der Waals surface area contributed by atoms with Crippen molar-refractivity contribution in [3.8, 4) is 0 Å². The van der Waals surface area contributed by atoms with Gasteiger partial charge in [-0.1, -0.05) is 29.8 Å². The van der Waals surface area contributed by atoms with Crippen molar-refractivity contribution in [2.75, 3.05) is 18.0 Å². The van der Waals surface area contributed by atoms with Crippen molar-refractivity contribution in [2.24, 2.45) is 5.41 Å². The summed E-state index contributed by atoms with van der Waals surface area (Å²) in [6.45, 7) is 7.67. The van der Waals surface area contributed by atoms with Crippen LogP contribution in [0.4, 0.5) is 5.69 Å². The van der Waals surface area contributed by atoms with Gasteiger partial charge in [-0.25, -0.2) is 0 Å². The van der Waals surface area contributed by atoms with E-state index in [2.05, 4.69) is 39.9 Å². The standard InChI is InChI=1S/C14H18BrNO/c1-10-8-11(15)4-5-12(10)16-7-6-14(2,3)13(17)9-16/h4-5,8H,6-7,9H2,1-3H3. The molecule has 0 aliphatic carbocycles. The van der Waals surface area contributed by atoms with Gasteiger partial charge in [-0.2, -0.15) is 0 Å². The molecule has 1 saturated heterocycles. The number of aryl methyl sites for hydroxylation is 1. The highest BCUT2D eigenvalue weighted by Gasteiger charge is 2.33. The van der Waals surface area contributed by atoms with E-state index < -0.39 is 0 Å². The zero-order chi connectivity index (χ0) is 12.6. The number of carbonyl (C=O) groups excluding carboxylic acids is 1. The van der Waals surface area contributed by atoms with Crippen molar-refractivity contribution in [1.29, 1.82) is 0 Å². The molecule has 1 aliphatic rings. The lowest BCUT2D eigenvalue weighted by molar-refractivity contribution is -0.127. The highest BCUT2D eigenvalue weighted by atomic mass is 79.9. The quantitative estimate of drug-likeness (QED) is 0.789. The second-order valence-electron chi connectivity index (χ2n) is 5.41. The van der Waals surface area contributed by atoms with Crippen LogP contribution >= 0.6 is 15.9 Å². The van der Waals surface area contributed by atoms with E-state index in [-0.39, 0.29) is 5.41 Å². The Morgan fingerprint density at radius 3 is 2.65 bits per heavy atom. The molecule has 17 heavy (non-hydrogen) atoms. The van der Waals surface area contributed by atoms with Crippen LogP contribution in [0.2, 0.25) is 0 Å². The van der Waals surface area contributed by atoms with Gasteiger partial charge in [-0.3, -0.25) is 4.79 Å². The van der Waals surface area contributed by atoms with E-state index in [0.717, 1.165) is 17.4 Å². The molecule has 1 aromatic carbocycles. The third-order valence-corrected chi connectivity index (χ3v) is 4.09. The molecule has 2 nitrogen and oxygen atoms in total. The van der Waals surface area contributed by atoms with E-state index in [4.69, 9.17) is 0 Å². The Balaban J connectivity index is 2.22. The second-order valence-corrected chi connectivity index (χ2v) is 6.33. The summed E-state index contributed by atoms with van der Waals surface area (Å²) < 4.78 is 1.09. The number of benzene rings is 1. The van der Waals surface area contributed by atoms with Gasteiger partial charge in [0, 0.05) is 22.1 Å². The summed E-state index contributed by atoms with van der Waals surface area (Å²) in [5.41, 5.74) is 2.24. The van der Waals surface area contributed by atoms with Crippen molar-refractivity contribution in [3.05, 3.63) is 28.2 Å². The van der Waals surface area contributed by atoms with E-state index in [1.54, 1.807) is 0 Å². The summed E-state index contributed by atoms with van der Waals surface area (Å²) in [5, 5.41) is 0. The largest absolute Gasteiger partial charge is 0.364 e. The van der Waals surface area contributed by atoms with Crippen LogP contribution in [-0.4, -0.2) is 18.9 Å². The lowest BCUT2D eigenvalue weighted by Gasteiger charge is -2.37. The molecule has 0 N–H and O–H groups in total. The molecule has 1 aliphatic heterocycles. The predicted octanol–water partition coefficient (Wildman–Crippen LogP) is 3.56. The van der Waals surface area contributed by atoms with Gasteiger partial charge in [-0.05, 0) is 37.1 Å². The van der Waals surface area contributed by atoms with Crippen LogP contribution in [0.3, 0.4) is 0 Å². The maximum atomic E-state index is 12.0. The fourth-order valence-electron chi connectivity index (χ4n) is 2.20. The SMILES string of the molecule is Cc1cc(Br)ccc1N1CCC(C)(C)C(=O)C1. The number of Topliss-reactive ketones (excluding diaryl/α,β-unsaturated/α-hetero) is 1. The Morgan fingerprint density at radius 2 is 2.06 bits per heavy atom. The monoisotopic (exact) mass is 295 g/mol. The number of rotatable bonds is 1. The molecule has 0 bridgehead atoms. The zero-order valence-corrected chi connectivity index (χ0v) is 12.2. The maximum Gasteiger partial charge on any atom is 0.157 e. The molecule has 1 fully saturated rings. The molecule has 0 aromatic heterocycles. The molecule has 0 spiro atoms. The van der Waals surface area contributed by atoms with E-state index in [0.29, 0.717) is 12.3 Å². The Morgan fingerprint density at radius 1 is 1.35 bits per heavy atom. The van der Waals surface area contributed by atoms with E-state index in [9.17, 15) is 4.79 Å². The van der Waals surface area contributed by atoms with Crippen molar-refractivity contribution >= 4 is 27.4 Å². The number of hydrogen-bond donors (Lipinski definition) is 0. The molecule has 1 aromatic rings. The zero-order valence-electron chi connectivity index (χ0n) is 10.6. The number of anilines is 1. The van der Waals surface area contributed by atoms with Crippen LogP contribution in [0.1, 0.15) is 25.8 Å². The average molecular weight is 296 g/mol. The van der Waals surface area contributed by atoms with Gasteiger partial charge >= 0.3 is 0 Å². The van der Waals surface area contributed by atoms with E-state index in [1.165, 1.54) is 11.3 Å². The van der Waals surface area contributed by atoms with Crippen molar-refractivity contribution in [1.82, 2.24) is 0 Å². The van der Waals surface area contributed by atoms with Crippen molar-refractivity contribution in [3.63, 3.8) is 0 Å². The number of halogens is 1. The molecule has 0 atom stereocenters. The second kappa shape index (κ2) is 4.45. The maximum absolute atomic E-state index is 12.0. The Labute approximate surface area is 111 Å². The normalized spacial score (nSPS) is 19.5. The van der Waals surface area contributed by atoms with Crippen molar-refractivity contribution < 1.29 is 4.79 Å². The third kappa shape index (κ3) is 2.54. The van der Waals surface area contributed by atoms with Gasteiger partial charge in [0.15, 0.2) is 5.78 Å². The summed E-state index contributed by atoms with van der Waals surface area (Å²) >= 11 is 3.46. The topological polar surface area (TPSA) is 20.3 Å². The van der Waals surface area contributed by atoms with Crippen LogP contribution in [0.5, 0.6) is 0 Å². The van der Waals surface area contributed by atoms with Gasteiger partial charge in [0.25, 0.3) is 0 Å². The molecule has 1 heterocycles. The number of nitrogens with zero attached hydrogens (tertiary/aromatic N) is 1.